The molecule has 1 aromatic heterocycles. The summed E-state index contributed by atoms with van der Waals surface area (Å²) in [6, 6.07) is 3.30. The van der Waals surface area contributed by atoms with Crippen LogP contribution in [0.4, 0.5) is 11.5 Å². The lowest BCUT2D eigenvalue weighted by Crippen LogP contribution is -2.36. The molecule has 0 saturated heterocycles. The van der Waals surface area contributed by atoms with Crippen LogP contribution in [0.25, 0.3) is 16.2 Å². The molecular weight excluding hydrogens is 422 g/mol. The number of carbonyl (C=O) groups excluding carboxylic acids is 2. The fourth-order valence-corrected chi connectivity index (χ4v) is 3.41. The summed E-state index contributed by atoms with van der Waals surface area (Å²) in [7, 11) is 4.48. The van der Waals surface area contributed by atoms with Gasteiger partial charge in [0, 0.05) is 23.8 Å². The van der Waals surface area contributed by atoms with Crippen molar-refractivity contribution in [2.45, 2.75) is 11.9 Å². The van der Waals surface area contributed by atoms with E-state index in [1.54, 1.807) is 18.4 Å². The van der Waals surface area contributed by atoms with Crippen molar-refractivity contribution in [1.82, 2.24) is 15.0 Å². The number of amides is 2. The van der Waals surface area contributed by atoms with Crippen LogP contribution in [0, 0.1) is 6.57 Å². The summed E-state index contributed by atoms with van der Waals surface area (Å²) in [6.45, 7) is 9.08. The number of hydrogen-bond donors (Lipinski definition) is 1. The second kappa shape index (κ2) is 8.93. The van der Waals surface area contributed by atoms with Crippen LogP contribution >= 0.6 is 11.8 Å². The molecule has 0 spiro atoms. The maximum Gasteiger partial charge on any atom is 0.275 e. The van der Waals surface area contributed by atoms with E-state index in [2.05, 4.69) is 20.2 Å². The third kappa shape index (κ3) is 3.97. The Balaban J connectivity index is 2.20. The Hall–Kier alpha value is -3.78. The van der Waals surface area contributed by atoms with Crippen molar-refractivity contribution in [2.24, 2.45) is 0 Å². The number of methoxy groups -OCH3 is 3. The van der Waals surface area contributed by atoms with Gasteiger partial charge in [-0.1, -0.05) is 0 Å². The molecule has 11 heteroatoms. The van der Waals surface area contributed by atoms with Gasteiger partial charge in [-0.2, -0.15) is 5.01 Å². The maximum atomic E-state index is 12.3. The SMILES string of the molecule is [C-]#[N+]c1c(NN2C(=O)C=C(C)C2=O)nc(-c2c(OC)cc(OC)cc2OC)nc1SC. The van der Waals surface area contributed by atoms with Crippen LogP contribution in [0.15, 0.2) is 28.8 Å². The van der Waals surface area contributed by atoms with Crippen LogP contribution in [-0.4, -0.2) is 54.4 Å². The number of hydrazine groups is 1. The molecule has 2 heterocycles. The number of nitrogens with zero attached hydrogens (tertiary/aromatic N) is 4. The summed E-state index contributed by atoms with van der Waals surface area (Å²) in [5.41, 5.74) is 3.45. The first-order valence-electron chi connectivity index (χ1n) is 8.85. The zero-order chi connectivity index (χ0) is 22.7. The number of ether oxygens (including phenoxy) is 3. The van der Waals surface area contributed by atoms with Crippen molar-refractivity contribution in [3.8, 4) is 28.6 Å². The van der Waals surface area contributed by atoms with Gasteiger partial charge in [-0.3, -0.25) is 15.0 Å². The van der Waals surface area contributed by atoms with Gasteiger partial charge in [0.2, 0.25) is 0 Å². The maximum absolute atomic E-state index is 12.3. The number of rotatable bonds is 7. The highest BCUT2D eigenvalue weighted by atomic mass is 32.2. The summed E-state index contributed by atoms with van der Waals surface area (Å²) in [4.78, 5) is 36.9. The quantitative estimate of drug-likeness (QED) is 0.300. The zero-order valence-electron chi connectivity index (χ0n) is 17.5. The van der Waals surface area contributed by atoms with Crippen LogP contribution in [0.2, 0.25) is 0 Å². The van der Waals surface area contributed by atoms with Gasteiger partial charge in [-0.05, 0) is 13.2 Å². The molecule has 31 heavy (non-hydrogen) atoms. The molecular formula is C20H19N5O5S. The highest BCUT2D eigenvalue weighted by Gasteiger charge is 2.31. The normalized spacial score (nSPS) is 13.0. The number of carbonyl (C=O) groups is 2. The molecule has 0 aliphatic carbocycles. The third-order valence-electron chi connectivity index (χ3n) is 4.41. The average molecular weight is 441 g/mol. The van der Waals surface area contributed by atoms with E-state index in [0.29, 0.717) is 27.8 Å². The van der Waals surface area contributed by atoms with Crippen molar-refractivity contribution in [3.05, 3.63) is 35.2 Å². The van der Waals surface area contributed by atoms with Gasteiger partial charge in [-0.25, -0.2) is 14.8 Å². The first-order chi connectivity index (χ1) is 14.9. The van der Waals surface area contributed by atoms with E-state index >= 15 is 0 Å². The third-order valence-corrected chi connectivity index (χ3v) is 5.09. The standard InChI is InChI=1S/C20H19N5O5S/c1-10-7-14(26)25(20(10)27)24-18-16(21-2)19(31-6)23-17(22-18)15-12(29-4)8-11(28-3)9-13(15)30-5/h7-9H,1,3-6H3,(H,22,23,24). The Morgan fingerprint density at radius 2 is 1.74 bits per heavy atom. The number of aromatic nitrogens is 2. The van der Waals surface area contributed by atoms with Crippen LogP contribution in [0.3, 0.4) is 0 Å². The van der Waals surface area contributed by atoms with Gasteiger partial charge in [0.25, 0.3) is 17.5 Å². The Morgan fingerprint density at radius 3 is 2.19 bits per heavy atom. The summed E-state index contributed by atoms with van der Waals surface area (Å²) >= 11 is 1.23. The molecule has 2 amide bonds. The summed E-state index contributed by atoms with van der Waals surface area (Å²) in [6.07, 6.45) is 2.96. The minimum absolute atomic E-state index is 0.00840. The van der Waals surface area contributed by atoms with Gasteiger partial charge < -0.3 is 14.2 Å². The van der Waals surface area contributed by atoms with Crippen LogP contribution in [0.1, 0.15) is 6.92 Å². The van der Waals surface area contributed by atoms with Crippen molar-refractivity contribution < 1.29 is 23.8 Å². The van der Waals surface area contributed by atoms with Gasteiger partial charge in [0.15, 0.2) is 11.6 Å². The minimum Gasteiger partial charge on any atom is -0.496 e. The molecule has 0 bridgehead atoms. The summed E-state index contributed by atoms with van der Waals surface area (Å²) in [5, 5.41) is 1.16. The Bertz CT molecular complexity index is 1120. The Morgan fingerprint density at radius 1 is 1.10 bits per heavy atom. The number of thioether (sulfide) groups is 1. The number of imide groups is 1. The lowest BCUT2D eigenvalue weighted by molar-refractivity contribution is -0.135. The molecule has 1 N–H and O–H groups in total. The molecule has 0 atom stereocenters. The van der Waals surface area contributed by atoms with Crippen LogP contribution in [0.5, 0.6) is 17.2 Å². The minimum atomic E-state index is -0.552. The summed E-state index contributed by atoms with van der Waals surface area (Å²) < 4.78 is 16.2. The van der Waals surface area contributed by atoms with E-state index in [1.807, 2.05) is 0 Å². The van der Waals surface area contributed by atoms with E-state index in [1.165, 1.54) is 46.1 Å². The van der Waals surface area contributed by atoms with Crippen molar-refractivity contribution in [1.29, 1.82) is 0 Å². The lowest BCUT2D eigenvalue weighted by Gasteiger charge is -2.20. The first kappa shape index (κ1) is 21.9. The molecule has 0 unspecified atom stereocenters. The monoisotopic (exact) mass is 441 g/mol. The van der Waals surface area contributed by atoms with Gasteiger partial charge in [-0.15, -0.1) is 11.8 Å². The fourth-order valence-electron chi connectivity index (χ4n) is 2.89. The van der Waals surface area contributed by atoms with Crippen LogP contribution in [-0.2, 0) is 9.59 Å². The molecule has 0 fully saturated rings. The van der Waals surface area contributed by atoms with Gasteiger partial charge >= 0.3 is 0 Å². The first-order valence-corrected chi connectivity index (χ1v) is 10.1. The highest BCUT2D eigenvalue weighted by molar-refractivity contribution is 7.98. The highest BCUT2D eigenvalue weighted by Crippen LogP contribution is 2.43. The number of anilines is 1. The van der Waals surface area contributed by atoms with E-state index in [9.17, 15) is 9.59 Å². The zero-order valence-corrected chi connectivity index (χ0v) is 18.3. The summed E-state index contributed by atoms with van der Waals surface area (Å²) in [5.74, 6) is 0.392. The fraction of sp³-hybridized carbons (Fsp3) is 0.250. The molecule has 0 saturated carbocycles. The number of hydrogen-bond acceptors (Lipinski definition) is 9. The molecule has 10 nitrogen and oxygen atoms in total. The van der Waals surface area contributed by atoms with Crippen molar-refractivity contribution in [3.63, 3.8) is 0 Å². The smallest absolute Gasteiger partial charge is 0.275 e. The number of benzene rings is 1. The number of nitrogens with one attached hydrogen (secondary N) is 1. The second-order valence-electron chi connectivity index (χ2n) is 6.19. The molecule has 1 aliphatic rings. The largest absolute Gasteiger partial charge is 0.496 e. The van der Waals surface area contributed by atoms with E-state index in [-0.39, 0.29) is 22.9 Å². The van der Waals surface area contributed by atoms with E-state index < -0.39 is 11.8 Å². The van der Waals surface area contributed by atoms with E-state index in [0.717, 1.165) is 5.01 Å². The molecule has 2 aromatic rings. The van der Waals surface area contributed by atoms with Gasteiger partial charge in [0.05, 0.1) is 27.9 Å². The molecule has 3 rings (SSSR count). The van der Waals surface area contributed by atoms with Crippen molar-refractivity contribution in [2.75, 3.05) is 33.0 Å². The predicted molar refractivity (Wildman–Crippen MR) is 114 cm³/mol. The molecule has 0 radical (unpaired) electrons. The van der Waals surface area contributed by atoms with Crippen molar-refractivity contribution >= 4 is 35.1 Å². The average Bonchev–Trinajstić information content (AvgIpc) is 3.03. The molecule has 1 aliphatic heterocycles. The Kier molecular flexibility index (Phi) is 6.31. The lowest BCUT2D eigenvalue weighted by atomic mass is 10.1. The van der Waals surface area contributed by atoms with E-state index in [4.69, 9.17) is 20.8 Å². The molecule has 160 valence electrons. The topological polar surface area (TPSA) is 107 Å². The second-order valence-corrected chi connectivity index (χ2v) is 6.99. The molecule has 1 aromatic carbocycles. The van der Waals surface area contributed by atoms with Gasteiger partial charge in [0.1, 0.15) is 27.8 Å². The van der Waals surface area contributed by atoms with Crippen LogP contribution < -0.4 is 19.6 Å². The predicted octanol–water partition coefficient (Wildman–Crippen LogP) is 3.08. The Labute approximate surface area is 183 Å².